The molecule has 2 rings (SSSR count). The molecule has 0 aliphatic carbocycles. The van der Waals surface area contributed by atoms with Gasteiger partial charge in [0.05, 0.1) is 6.61 Å². The lowest BCUT2D eigenvalue weighted by molar-refractivity contribution is -0.0628. The monoisotopic (exact) mass is 170 g/mol. The van der Waals surface area contributed by atoms with E-state index in [0.717, 1.165) is 26.2 Å². The fraction of sp³-hybridized carbons (Fsp3) is 1.00. The van der Waals surface area contributed by atoms with Crippen molar-refractivity contribution in [1.82, 2.24) is 10.2 Å². The number of nitrogens with one attached hydrogen (secondary N) is 1. The molecule has 2 heterocycles. The van der Waals surface area contributed by atoms with E-state index in [9.17, 15) is 0 Å². The third-order valence-corrected chi connectivity index (χ3v) is 2.91. The predicted molar refractivity (Wildman–Crippen MR) is 48.0 cm³/mol. The lowest BCUT2D eigenvalue weighted by Gasteiger charge is -2.39. The van der Waals surface area contributed by atoms with Crippen LogP contribution in [-0.4, -0.2) is 43.4 Å². The highest BCUT2D eigenvalue weighted by atomic mass is 16.5. The van der Waals surface area contributed by atoms with E-state index in [4.69, 9.17) is 4.74 Å². The van der Waals surface area contributed by atoms with Gasteiger partial charge in [-0.05, 0) is 25.9 Å². The van der Waals surface area contributed by atoms with Gasteiger partial charge in [-0.2, -0.15) is 0 Å². The van der Waals surface area contributed by atoms with E-state index in [2.05, 4.69) is 17.1 Å². The lowest BCUT2D eigenvalue weighted by atomic mass is 10.0. The van der Waals surface area contributed by atoms with Gasteiger partial charge < -0.3 is 4.74 Å². The average Bonchev–Trinajstić information content (AvgIpc) is 2.53. The predicted octanol–water partition coefficient (Wildman–Crippen LogP) is 0.418. The molecule has 1 N–H and O–H groups in total. The van der Waals surface area contributed by atoms with Crippen molar-refractivity contribution >= 4 is 0 Å². The van der Waals surface area contributed by atoms with Gasteiger partial charge in [-0.15, -0.1) is 0 Å². The minimum Gasteiger partial charge on any atom is -0.358 e. The molecule has 0 aromatic rings. The third-order valence-electron chi connectivity index (χ3n) is 2.91. The normalized spacial score (nSPS) is 37.8. The van der Waals surface area contributed by atoms with Crippen molar-refractivity contribution in [2.45, 2.75) is 25.5 Å². The Morgan fingerprint density at radius 3 is 3.17 bits per heavy atom. The van der Waals surface area contributed by atoms with Gasteiger partial charge in [-0.25, -0.2) is 0 Å². The maximum absolute atomic E-state index is 5.76. The molecule has 0 amide bonds. The molecular weight excluding hydrogens is 152 g/mol. The Morgan fingerprint density at radius 1 is 1.58 bits per heavy atom. The average molecular weight is 170 g/mol. The van der Waals surface area contributed by atoms with Gasteiger partial charge in [0.1, 0.15) is 5.72 Å². The molecule has 1 atom stereocenters. The van der Waals surface area contributed by atoms with Crippen LogP contribution in [0.3, 0.4) is 0 Å². The van der Waals surface area contributed by atoms with Crippen molar-refractivity contribution in [3.05, 3.63) is 0 Å². The summed E-state index contributed by atoms with van der Waals surface area (Å²) in [7, 11) is 0. The Balaban J connectivity index is 1.97. The Labute approximate surface area is 74.1 Å². The van der Waals surface area contributed by atoms with Crippen molar-refractivity contribution in [2.75, 3.05) is 32.8 Å². The minimum atomic E-state index is 0.0221. The summed E-state index contributed by atoms with van der Waals surface area (Å²) in [5.41, 5.74) is 0.0221. The van der Waals surface area contributed by atoms with E-state index in [0.29, 0.717) is 0 Å². The SMILES string of the molecule is CCN1CCCC2(C1)NCCO2. The number of piperidine rings is 1. The van der Waals surface area contributed by atoms with E-state index < -0.39 is 0 Å². The second kappa shape index (κ2) is 3.32. The molecule has 2 saturated heterocycles. The van der Waals surface area contributed by atoms with Gasteiger partial charge in [0, 0.05) is 13.1 Å². The molecule has 3 nitrogen and oxygen atoms in total. The van der Waals surface area contributed by atoms with Crippen molar-refractivity contribution < 1.29 is 4.74 Å². The molecule has 1 spiro atoms. The fourth-order valence-electron chi connectivity index (χ4n) is 2.22. The van der Waals surface area contributed by atoms with Crippen LogP contribution < -0.4 is 5.32 Å². The number of likely N-dealkylation sites (N-methyl/N-ethyl adjacent to an activating group) is 1. The first-order chi connectivity index (χ1) is 5.85. The molecule has 0 aromatic carbocycles. The fourth-order valence-corrected chi connectivity index (χ4v) is 2.22. The standard InChI is InChI=1S/C9H18N2O/c1-2-11-6-3-4-9(8-11)10-5-7-12-9/h10H,2-8H2,1H3. The lowest BCUT2D eigenvalue weighted by Crippen LogP contribution is -2.54. The van der Waals surface area contributed by atoms with Gasteiger partial charge in [0.2, 0.25) is 0 Å². The summed E-state index contributed by atoms with van der Waals surface area (Å²) in [6.07, 6.45) is 2.45. The third kappa shape index (κ3) is 1.49. The summed E-state index contributed by atoms with van der Waals surface area (Å²) in [4.78, 5) is 2.46. The molecule has 12 heavy (non-hydrogen) atoms. The first kappa shape index (κ1) is 8.48. The van der Waals surface area contributed by atoms with Crippen molar-refractivity contribution in [3.63, 3.8) is 0 Å². The van der Waals surface area contributed by atoms with E-state index >= 15 is 0 Å². The van der Waals surface area contributed by atoms with E-state index in [1.165, 1.54) is 19.4 Å². The van der Waals surface area contributed by atoms with Gasteiger partial charge >= 0.3 is 0 Å². The first-order valence-corrected chi connectivity index (χ1v) is 4.96. The molecule has 0 aromatic heterocycles. The van der Waals surface area contributed by atoms with Crippen LogP contribution >= 0.6 is 0 Å². The molecule has 0 radical (unpaired) electrons. The summed E-state index contributed by atoms with van der Waals surface area (Å²) < 4.78 is 5.76. The number of likely N-dealkylation sites (tertiary alicyclic amines) is 1. The van der Waals surface area contributed by atoms with Crippen LogP contribution in [0, 0.1) is 0 Å². The molecule has 0 bridgehead atoms. The Morgan fingerprint density at radius 2 is 2.50 bits per heavy atom. The van der Waals surface area contributed by atoms with Crippen molar-refractivity contribution in [1.29, 1.82) is 0 Å². The van der Waals surface area contributed by atoms with E-state index in [-0.39, 0.29) is 5.72 Å². The number of rotatable bonds is 1. The van der Waals surface area contributed by atoms with E-state index in [1.54, 1.807) is 0 Å². The zero-order valence-corrected chi connectivity index (χ0v) is 7.81. The number of hydrogen-bond donors (Lipinski definition) is 1. The Kier molecular flexibility index (Phi) is 2.35. The largest absolute Gasteiger partial charge is 0.358 e. The zero-order valence-electron chi connectivity index (χ0n) is 7.81. The van der Waals surface area contributed by atoms with Gasteiger partial charge in [0.15, 0.2) is 0 Å². The summed E-state index contributed by atoms with van der Waals surface area (Å²) >= 11 is 0. The molecule has 70 valence electrons. The summed E-state index contributed by atoms with van der Waals surface area (Å²) in [6.45, 7) is 7.59. The number of hydrogen-bond acceptors (Lipinski definition) is 3. The van der Waals surface area contributed by atoms with E-state index in [1.807, 2.05) is 0 Å². The van der Waals surface area contributed by atoms with Crippen LogP contribution in [-0.2, 0) is 4.74 Å². The van der Waals surface area contributed by atoms with Crippen molar-refractivity contribution in [3.8, 4) is 0 Å². The highest BCUT2D eigenvalue weighted by Gasteiger charge is 2.38. The van der Waals surface area contributed by atoms with Crippen LogP contribution in [0.1, 0.15) is 19.8 Å². The quantitative estimate of drug-likeness (QED) is 0.617. The number of nitrogens with zero attached hydrogens (tertiary/aromatic N) is 1. The first-order valence-electron chi connectivity index (χ1n) is 4.96. The van der Waals surface area contributed by atoms with Crippen LogP contribution in [0.15, 0.2) is 0 Å². The molecule has 2 fully saturated rings. The van der Waals surface area contributed by atoms with Crippen molar-refractivity contribution in [2.24, 2.45) is 0 Å². The molecule has 2 aliphatic heterocycles. The molecule has 2 aliphatic rings. The van der Waals surface area contributed by atoms with Crippen LogP contribution in [0.4, 0.5) is 0 Å². The minimum absolute atomic E-state index is 0.0221. The highest BCUT2D eigenvalue weighted by molar-refractivity contribution is 4.89. The number of ether oxygens (including phenoxy) is 1. The second-order valence-electron chi connectivity index (χ2n) is 3.74. The highest BCUT2D eigenvalue weighted by Crippen LogP contribution is 2.24. The molecule has 1 unspecified atom stereocenters. The van der Waals surface area contributed by atoms with Gasteiger partial charge in [-0.1, -0.05) is 6.92 Å². The maximum Gasteiger partial charge on any atom is 0.132 e. The van der Waals surface area contributed by atoms with Crippen LogP contribution in [0.25, 0.3) is 0 Å². The molecular formula is C9H18N2O. The van der Waals surface area contributed by atoms with Crippen LogP contribution in [0.5, 0.6) is 0 Å². The Hall–Kier alpha value is -0.120. The second-order valence-corrected chi connectivity index (χ2v) is 3.74. The zero-order chi connectivity index (χ0) is 8.44. The summed E-state index contributed by atoms with van der Waals surface area (Å²) in [6, 6.07) is 0. The summed E-state index contributed by atoms with van der Waals surface area (Å²) in [5.74, 6) is 0. The smallest absolute Gasteiger partial charge is 0.132 e. The van der Waals surface area contributed by atoms with Crippen LogP contribution in [0.2, 0.25) is 0 Å². The summed E-state index contributed by atoms with van der Waals surface area (Å²) in [5, 5.41) is 3.47. The van der Waals surface area contributed by atoms with Gasteiger partial charge in [0.25, 0.3) is 0 Å². The molecule has 0 saturated carbocycles. The molecule has 3 heteroatoms. The maximum atomic E-state index is 5.76. The topological polar surface area (TPSA) is 24.5 Å². The Bertz CT molecular complexity index is 155. The van der Waals surface area contributed by atoms with Gasteiger partial charge in [-0.3, -0.25) is 10.2 Å².